The maximum Gasteiger partial charge on any atom is 0.265 e. The van der Waals surface area contributed by atoms with E-state index >= 15 is 0 Å². The molecular formula is C13H12INO3S. The summed E-state index contributed by atoms with van der Waals surface area (Å²) in [6.07, 6.45) is 0. The van der Waals surface area contributed by atoms with Gasteiger partial charge in [0.2, 0.25) is 0 Å². The molecule has 0 unspecified atom stereocenters. The zero-order chi connectivity index (χ0) is 13.9. The first-order chi connectivity index (χ1) is 9.03. The fraction of sp³-hybridized carbons (Fsp3) is 0.0769. The standard InChI is InChI=1S/C13H12INO3S/c1-18-12-7-2-3-8-13(12)19(16,17)15-11-6-4-5-10(14)9-11/h2-9,15H,1H3. The van der Waals surface area contributed by atoms with Gasteiger partial charge in [0.1, 0.15) is 10.6 Å². The monoisotopic (exact) mass is 389 g/mol. The predicted octanol–water partition coefficient (Wildman–Crippen LogP) is 3.10. The molecule has 0 aliphatic heterocycles. The van der Waals surface area contributed by atoms with Crippen molar-refractivity contribution in [2.24, 2.45) is 0 Å². The summed E-state index contributed by atoms with van der Waals surface area (Å²) < 4.78 is 33.2. The normalized spacial score (nSPS) is 11.1. The highest BCUT2D eigenvalue weighted by Gasteiger charge is 2.18. The van der Waals surface area contributed by atoms with Gasteiger partial charge in [0.05, 0.1) is 7.11 Å². The van der Waals surface area contributed by atoms with Crippen molar-refractivity contribution in [3.63, 3.8) is 0 Å². The van der Waals surface area contributed by atoms with E-state index in [4.69, 9.17) is 4.74 Å². The summed E-state index contributed by atoms with van der Waals surface area (Å²) in [5, 5.41) is 0. The molecule has 2 rings (SSSR count). The Morgan fingerprint density at radius 2 is 1.84 bits per heavy atom. The van der Waals surface area contributed by atoms with Crippen molar-refractivity contribution in [3.8, 4) is 5.75 Å². The maximum atomic E-state index is 12.3. The molecule has 6 heteroatoms. The van der Waals surface area contributed by atoms with Crippen LogP contribution in [0.3, 0.4) is 0 Å². The number of sulfonamides is 1. The number of benzene rings is 2. The maximum absolute atomic E-state index is 12.3. The smallest absolute Gasteiger partial charge is 0.265 e. The van der Waals surface area contributed by atoms with Crippen LogP contribution in [0.1, 0.15) is 0 Å². The van der Waals surface area contributed by atoms with Crippen molar-refractivity contribution >= 4 is 38.3 Å². The van der Waals surface area contributed by atoms with Gasteiger partial charge in [-0.05, 0) is 52.9 Å². The van der Waals surface area contributed by atoms with Gasteiger partial charge in [0, 0.05) is 9.26 Å². The van der Waals surface area contributed by atoms with E-state index < -0.39 is 10.0 Å². The van der Waals surface area contributed by atoms with E-state index in [-0.39, 0.29) is 4.90 Å². The Balaban J connectivity index is 2.38. The van der Waals surface area contributed by atoms with Crippen LogP contribution in [0.2, 0.25) is 0 Å². The van der Waals surface area contributed by atoms with Crippen LogP contribution in [0.25, 0.3) is 0 Å². The molecule has 1 N–H and O–H groups in total. The number of ether oxygens (including phenoxy) is 1. The third-order valence-corrected chi connectivity index (χ3v) is 4.53. The van der Waals surface area contributed by atoms with Crippen molar-refractivity contribution in [1.29, 1.82) is 0 Å². The van der Waals surface area contributed by atoms with Crippen molar-refractivity contribution in [3.05, 3.63) is 52.1 Å². The number of hydrogen-bond acceptors (Lipinski definition) is 3. The Morgan fingerprint density at radius 3 is 2.53 bits per heavy atom. The van der Waals surface area contributed by atoms with E-state index in [0.717, 1.165) is 3.57 Å². The summed E-state index contributed by atoms with van der Waals surface area (Å²) in [5.74, 6) is 0.320. The first kappa shape index (κ1) is 14.1. The molecular weight excluding hydrogens is 377 g/mol. The van der Waals surface area contributed by atoms with E-state index in [0.29, 0.717) is 11.4 Å². The van der Waals surface area contributed by atoms with Gasteiger partial charge in [-0.15, -0.1) is 0 Å². The number of methoxy groups -OCH3 is 1. The SMILES string of the molecule is COc1ccccc1S(=O)(=O)Nc1cccc(I)c1. The fourth-order valence-electron chi connectivity index (χ4n) is 1.60. The van der Waals surface area contributed by atoms with Crippen LogP contribution in [-0.4, -0.2) is 15.5 Å². The van der Waals surface area contributed by atoms with Gasteiger partial charge in [-0.3, -0.25) is 4.72 Å². The third kappa shape index (κ3) is 3.38. The number of halogens is 1. The van der Waals surface area contributed by atoms with E-state index in [1.807, 2.05) is 6.07 Å². The first-order valence-electron chi connectivity index (χ1n) is 5.44. The van der Waals surface area contributed by atoms with Gasteiger partial charge in [-0.25, -0.2) is 8.42 Å². The summed E-state index contributed by atoms with van der Waals surface area (Å²) in [6.45, 7) is 0. The minimum Gasteiger partial charge on any atom is -0.495 e. The molecule has 100 valence electrons. The molecule has 0 aliphatic rings. The molecule has 2 aromatic carbocycles. The summed E-state index contributed by atoms with van der Waals surface area (Å²) in [4.78, 5) is 0.122. The van der Waals surface area contributed by atoms with Crippen LogP contribution in [-0.2, 0) is 10.0 Å². The second-order valence-electron chi connectivity index (χ2n) is 3.77. The number of para-hydroxylation sites is 1. The Kier molecular flexibility index (Phi) is 4.31. The molecule has 2 aromatic rings. The molecule has 0 heterocycles. The summed E-state index contributed by atoms with van der Waals surface area (Å²) >= 11 is 2.13. The lowest BCUT2D eigenvalue weighted by Gasteiger charge is -2.11. The number of hydrogen-bond donors (Lipinski definition) is 1. The molecule has 0 aromatic heterocycles. The van der Waals surface area contributed by atoms with Crippen molar-refractivity contribution in [2.75, 3.05) is 11.8 Å². The van der Waals surface area contributed by atoms with Crippen molar-refractivity contribution in [2.45, 2.75) is 4.90 Å². The lowest BCUT2D eigenvalue weighted by atomic mass is 10.3. The molecule has 0 atom stereocenters. The quantitative estimate of drug-likeness (QED) is 0.818. The molecule has 19 heavy (non-hydrogen) atoms. The highest BCUT2D eigenvalue weighted by atomic mass is 127. The lowest BCUT2D eigenvalue weighted by molar-refractivity contribution is 0.403. The molecule has 0 saturated carbocycles. The number of rotatable bonds is 4. The third-order valence-electron chi connectivity index (χ3n) is 2.44. The Hall–Kier alpha value is -1.28. The van der Waals surface area contributed by atoms with Crippen LogP contribution < -0.4 is 9.46 Å². The Bertz CT molecular complexity index is 686. The average molecular weight is 389 g/mol. The second-order valence-corrected chi connectivity index (χ2v) is 6.66. The molecule has 0 radical (unpaired) electrons. The lowest BCUT2D eigenvalue weighted by Crippen LogP contribution is -2.14. The summed E-state index contributed by atoms with van der Waals surface area (Å²) in [6, 6.07) is 13.7. The number of nitrogens with one attached hydrogen (secondary N) is 1. The Labute approximate surface area is 126 Å². The average Bonchev–Trinajstić information content (AvgIpc) is 2.38. The zero-order valence-electron chi connectivity index (χ0n) is 10.1. The largest absolute Gasteiger partial charge is 0.495 e. The molecule has 4 nitrogen and oxygen atoms in total. The van der Waals surface area contributed by atoms with Crippen LogP contribution in [0.15, 0.2) is 53.4 Å². The minimum atomic E-state index is -3.65. The fourth-order valence-corrected chi connectivity index (χ4v) is 3.37. The topological polar surface area (TPSA) is 55.4 Å². The highest BCUT2D eigenvalue weighted by Crippen LogP contribution is 2.25. The van der Waals surface area contributed by atoms with Crippen LogP contribution in [0, 0.1) is 3.57 Å². The van der Waals surface area contributed by atoms with E-state index in [1.165, 1.54) is 13.2 Å². The van der Waals surface area contributed by atoms with Gasteiger partial charge in [-0.1, -0.05) is 18.2 Å². The molecule has 0 bridgehead atoms. The van der Waals surface area contributed by atoms with E-state index in [2.05, 4.69) is 27.3 Å². The van der Waals surface area contributed by atoms with Crippen molar-refractivity contribution in [1.82, 2.24) is 0 Å². The number of anilines is 1. The van der Waals surface area contributed by atoms with Gasteiger partial charge in [-0.2, -0.15) is 0 Å². The summed E-state index contributed by atoms with van der Waals surface area (Å²) in [5.41, 5.74) is 0.526. The predicted molar refractivity (Wildman–Crippen MR) is 83.0 cm³/mol. The van der Waals surface area contributed by atoms with Gasteiger partial charge in [0.15, 0.2) is 0 Å². The molecule has 0 saturated heterocycles. The van der Waals surface area contributed by atoms with Crippen LogP contribution >= 0.6 is 22.6 Å². The molecule has 0 fully saturated rings. The van der Waals surface area contributed by atoms with Crippen LogP contribution in [0.5, 0.6) is 5.75 Å². The van der Waals surface area contributed by atoms with E-state index in [9.17, 15) is 8.42 Å². The second kappa shape index (κ2) is 5.79. The van der Waals surface area contributed by atoms with Crippen molar-refractivity contribution < 1.29 is 13.2 Å². The van der Waals surface area contributed by atoms with Gasteiger partial charge >= 0.3 is 0 Å². The van der Waals surface area contributed by atoms with Gasteiger partial charge in [0.25, 0.3) is 10.0 Å². The highest BCUT2D eigenvalue weighted by molar-refractivity contribution is 14.1. The molecule has 0 amide bonds. The minimum absolute atomic E-state index is 0.122. The zero-order valence-corrected chi connectivity index (χ0v) is 13.1. The summed E-state index contributed by atoms with van der Waals surface area (Å²) in [7, 11) is -2.21. The molecule has 0 aliphatic carbocycles. The van der Waals surface area contributed by atoms with Gasteiger partial charge < -0.3 is 4.74 Å². The molecule has 0 spiro atoms. The van der Waals surface area contributed by atoms with E-state index in [1.54, 1.807) is 36.4 Å². The Morgan fingerprint density at radius 1 is 1.11 bits per heavy atom. The van der Waals surface area contributed by atoms with Crippen LogP contribution in [0.4, 0.5) is 5.69 Å². The first-order valence-corrected chi connectivity index (χ1v) is 8.00.